The lowest BCUT2D eigenvalue weighted by molar-refractivity contribution is -0.131. The summed E-state index contributed by atoms with van der Waals surface area (Å²) in [6, 6.07) is 8.03. The molecule has 2 heterocycles. The molecule has 1 saturated heterocycles. The lowest BCUT2D eigenvalue weighted by Crippen LogP contribution is -2.32. The van der Waals surface area contributed by atoms with Crippen LogP contribution in [0.3, 0.4) is 0 Å². The average Bonchev–Trinajstić information content (AvgIpc) is 3.17. The molecule has 0 bridgehead atoms. The fourth-order valence-electron chi connectivity index (χ4n) is 2.98. The number of nitrogens with zero attached hydrogens (tertiary/aromatic N) is 2. The van der Waals surface area contributed by atoms with Crippen LogP contribution in [-0.4, -0.2) is 22.5 Å². The van der Waals surface area contributed by atoms with Crippen LogP contribution in [0.4, 0.5) is 4.39 Å². The first kappa shape index (κ1) is 15.7. The molecule has 4 nitrogen and oxygen atoms in total. The minimum Gasteiger partial charge on any atom is -0.361 e. The van der Waals surface area contributed by atoms with Crippen molar-refractivity contribution in [3.63, 3.8) is 0 Å². The Morgan fingerprint density at radius 2 is 2.13 bits per heavy atom. The lowest BCUT2D eigenvalue weighted by Gasteiger charge is -2.23. The van der Waals surface area contributed by atoms with E-state index in [0.29, 0.717) is 0 Å². The lowest BCUT2D eigenvalue weighted by atomic mass is 10.1. The highest BCUT2D eigenvalue weighted by Gasteiger charge is 2.32. The van der Waals surface area contributed by atoms with Gasteiger partial charge in [0.25, 0.3) is 0 Å². The molecule has 0 N–H and O–H groups in total. The SMILES string of the molecule is CC(C)c1cc(C2CCCN2C(=O)Cc2ccc(F)cc2)no1. The summed E-state index contributed by atoms with van der Waals surface area (Å²) in [6.07, 6.45) is 2.15. The van der Waals surface area contributed by atoms with Crippen LogP contribution < -0.4 is 0 Å². The molecule has 0 radical (unpaired) electrons. The molecule has 1 fully saturated rings. The van der Waals surface area contributed by atoms with E-state index in [1.807, 2.05) is 11.0 Å². The number of aromatic nitrogens is 1. The fraction of sp³-hybridized carbons (Fsp3) is 0.444. The molecule has 0 saturated carbocycles. The summed E-state index contributed by atoms with van der Waals surface area (Å²) in [6.45, 7) is 4.83. The van der Waals surface area contributed by atoms with Gasteiger partial charge < -0.3 is 9.42 Å². The number of halogens is 1. The molecular weight excluding hydrogens is 295 g/mol. The Labute approximate surface area is 135 Å². The third-order valence-electron chi connectivity index (χ3n) is 4.30. The minimum atomic E-state index is -0.288. The van der Waals surface area contributed by atoms with Gasteiger partial charge in [-0.2, -0.15) is 0 Å². The van der Waals surface area contributed by atoms with Gasteiger partial charge >= 0.3 is 0 Å². The summed E-state index contributed by atoms with van der Waals surface area (Å²) in [5.74, 6) is 0.885. The van der Waals surface area contributed by atoms with Crippen molar-refractivity contribution in [2.24, 2.45) is 0 Å². The molecule has 1 atom stereocenters. The van der Waals surface area contributed by atoms with E-state index in [1.165, 1.54) is 12.1 Å². The third kappa shape index (κ3) is 3.44. The van der Waals surface area contributed by atoms with Crippen molar-refractivity contribution in [2.75, 3.05) is 6.54 Å². The van der Waals surface area contributed by atoms with E-state index in [2.05, 4.69) is 19.0 Å². The number of likely N-dealkylation sites (tertiary alicyclic amines) is 1. The van der Waals surface area contributed by atoms with Gasteiger partial charge in [0, 0.05) is 18.5 Å². The number of hydrogen-bond acceptors (Lipinski definition) is 3. The zero-order chi connectivity index (χ0) is 16.4. The van der Waals surface area contributed by atoms with Crippen molar-refractivity contribution in [1.29, 1.82) is 0 Å². The van der Waals surface area contributed by atoms with Crippen LogP contribution in [0, 0.1) is 5.82 Å². The largest absolute Gasteiger partial charge is 0.361 e. The second kappa shape index (κ2) is 6.52. The molecule has 122 valence electrons. The van der Waals surface area contributed by atoms with Crippen LogP contribution >= 0.6 is 0 Å². The van der Waals surface area contributed by atoms with Gasteiger partial charge in [0.15, 0.2) is 0 Å². The van der Waals surface area contributed by atoms with E-state index in [9.17, 15) is 9.18 Å². The second-order valence-electron chi connectivity index (χ2n) is 6.36. The molecule has 1 aliphatic heterocycles. The van der Waals surface area contributed by atoms with Crippen LogP contribution in [0.15, 0.2) is 34.9 Å². The summed E-state index contributed by atoms with van der Waals surface area (Å²) in [5, 5.41) is 4.15. The molecule has 23 heavy (non-hydrogen) atoms. The summed E-state index contributed by atoms with van der Waals surface area (Å²) in [7, 11) is 0. The van der Waals surface area contributed by atoms with Crippen molar-refractivity contribution in [3.8, 4) is 0 Å². The first-order chi connectivity index (χ1) is 11.0. The number of carbonyl (C=O) groups excluding carboxylic acids is 1. The summed E-state index contributed by atoms with van der Waals surface area (Å²) in [5.41, 5.74) is 1.66. The highest BCUT2D eigenvalue weighted by molar-refractivity contribution is 5.79. The van der Waals surface area contributed by atoms with Gasteiger partial charge in [-0.25, -0.2) is 4.39 Å². The predicted octanol–water partition coefficient (Wildman–Crippen LogP) is 3.84. The maximum atomic E-state index is 13.0. The van der Waals surface area contributed by atoms with Gasteiger partial charge in [-0.1, -0.05) is 31.1 Å². The van der Waals surface area contributed by atoms with Gasteiger partial charge in [-0.3, -0.25) is 4.79 Å². The number of benzene rings is 1. The van der Waals surface area contributed by atoms with Crippen LogP contribution in [0.5, 0.6) is 0 Å². The Balaban J connectivity index is 1.72. The van der Waals surface area contributed by atoms with Crippen molar-refractivity contribution >= 4 is 5.91 Å². The van der Waals surface area contributed by atoms with Crippen LogP contribution in [0.2, 0.25) is 0 Å². The zero-order valence-corrected chi connectivity index (χ0v) is 13.5. The predicted molar refractivity (Wildman–Crippen MR) is 84.4 cm³/mol. The topological polar surface area (TPSA) is 46.3 Å². The molecule has 1 aromatic heterocycles. The molecule has 1 aliphatic rings. The number of amides is 1. The fourth-order valence-corrected chi connectivity index (χ4v) is 2.98. The Kier molecular flexibility index (Phi) is 4.46. The maximum Gasteiger partial charge on any atom is 0.227 e. The van der Waals surface area contributed by atoms with E-state index in [1.54, 1.807) is 12.1 Å². The van der Waals surface area contributed by atoms with E-state index in [-0.39, 0.29) is 30.1 Å². The van der Waals surface area contributed by atoms with Gasteiger partial charge in [0.1, 0.15) is 17.3 Å². The minimum absolute atomic E-state index is 0.0146. The zero-order valence-electron chi connectivity index (χ0n) is 13.5. The number of rotatable bonds is 4. The molecule has 1 unspecified atom stereocenters. The molecule has 5 heteroatoms. The maximum absolute atomic E-state index is 13.0. The molecule has 0 spiro atoms. The van der Waals surface area contributed by atoms with Gasteiger partial charge in [-0.05, 0) is 30.5 Å². The number of carbonyl (C=O) groups is 1. The van der Waals surface area contributed by atoms with E-state index in [0.717, 1.165) is 36.4 Å². The quantitative estimate of drug-likeness (QED) is 0.861. The summed E-state index contributed by atoms with van der Waals surface area (Å²) >= 11 is 0. The Bertz CT molecular complexity index is 679. The van der Waals surface area contributed by atoms with Crippen LogP contribution in [0.25, 0.3) is 0 Å². The van der Waals surface area contributed by atoms with E-state index >= 15 is 0 Å². The molecule has 2 aromatic rings. The molecule has 0 aliphatic carbocycles. The molecular formula is C18H21FN2O2. The molecule has 1 amide bonds. The second-order valence-corrected chi connectivity index (χ2v) is 6.36. The van der Waals surface area contributed by atoms with Crippen molar-refractivity contribution in [1.82, 2.24) is 10.1 Å². The van der Waals surface area contributed by atoms with Gasteiger partial charge in [-0.15, -0.1) is 0 Å². The Morgan fingerprint density at radius 1 is 1.39 bits per heavy atom. The van der Waals surface area contributed by atoms with Gasteiger partial charge in [0.2, 0.25) is 5.91 Å². The Morgan fingerprint density at radius 3 is 2.78 bits per heavy atom. The average molecular weight is 316 g/mol. The normalized spacial score (nSPS) is 17.9. The van der Waals surface area contributed by atoms with E-state index < -0.39 is 0 Å². The summed E-state index contributed by atoms with van der Waals surface area (Å²) < 4.78 is 18.3. The monoisotopic (exact) mass is 316 g/mol. The van der Waals surface area contributed by atoms with Crippen LogP contribution in [-0.2, 0) is 11.2 Å². The van der Waals surface area contributed by atoms with Crippen molar-refractivity contribution < 1.29 is 13.7 Å². The Hall–Kier alpha value is -2.17. The van der Waals surface area contributed by atoms with Crippen molar-refractivity contribution in [3.05, 3.63) is 53.2 Å². The smallest absolute Gasteiger partial charge is 0.227 e. The van der Waals surface area contributed by atoms with E-state index in [4.69, 9.17) is 4.52 Å². The highest BCUT2D eigenvalue weighted by Crippen LogP contribution is 2.33. The van der Waals surface area contributed by atoms with Crippen molar-refractivity contribution in [2.45, 2.75) is 45.1 Å². The standard InChI is InChI=1S/C18H21FN2O2/c1-12(2)17-11-15(20-23-17)16-4-3-9-21(16)18(22)10-13-5-7-14(19)8-6-13/h5-8,11-12,16H,3-4,9-10H2,1-2H3. The third-order valence-corrected chi connectivity index (χ3v) is 4.30. The molecule has 1 aromatic carbocycles. The first-order valence-corrected chi connectivity index (χ1v) is 8.05. The van der Waals surface area contributed by atoms with Gasteiger partial charge in [0.05, 0.1) is 12.5 Å². The van der Waals surface area contributed by atoms with Crippen LogP contribution in [0.1, 0.15) is 55.7 Å². The summed E-state index contributed by atoms with van der Waals surface area (Å²) in [4.78, 5) is 14.5. The molecule has 3 rings (SSSR count). The first-order valence-electron chi connectivity index (χ1n) is 8.05. The number of hydrogen-bond donors (Lipinski definition) is 0. The highest BCUT2D eigenvalue weighted by atomic mass is 19.1.